The van der Waals surface area contributed by atoms with E-state index in [1.165, 1.54) is 18.2 Å². The summed E-state index contributed by atoms with van der Waals surface area (Å²) in [5.41, 5.74) is 1.24. The third-order valence-electron chi connectivity index (χ3n) is 7.08. The summed E-state index contributed by atoms with van der Waals surface area (Å²) in [7, 11) is 0. The molecule has 1 saturated heterocycles. The van der Waals surface area contributed by atoms with E-state index in [1.807, 2.05) is 4.90 Å². The fraction of sp³-hybridized carbons (Fsp3) is 0.476. The summed E-state index contributed by atoms with van der Waals surface area (Å²) >= 11 is 0. The number of halogens is 2. The summed E-state index contributed by atoms with van der Waals surface area (Å²) in [6.45, 7) is 5.10. The molecule has 5 rings (SSSR count). The normalized spacial score (nSPS) is 28.1. The maximum absolute atomic E-state index is 14.2. The lowest BCUT2D eigenvalue weighted by Gasteiger charge is -2.45. The highest BCUT2D eigenvalue weighted by molar-refractivity contribution is 5.80. The second kappa shape index (κ2) is 5.33. The molecule has 1 aromatic carbocycles. The fourth-order valence-electron chi connectivity index (χ4n) is 5.81. The van der Waals surface area contributed by atoms with Crippen LogP contribution < -0.4 is 0 Å². The summed E-state index contributed by atoms with van der Waals surface area (Å²) < 4.78 is 28.5. The van der Waals surface area contributed by atoms with Crippen LogP contribution in [0.3, 0.4) is 0 Å². The molecule has 1 aromatic heterocycles. The van der Waals surface area contributed by atoms with E-state index in [9.17, 15) is 13.6 Å². The molecule has 2 bridgehead atoms. The van der Waals surface area contributed by atoms with Crippen molar-refractivity contribution in [3.8, 4) is 11.3 Å². The summed E-state index contributed by atoms with van der Waals surface area (Å²) in [6, 6.07) is 5.59. The number of benzene rings is 1. The molecule has 4 nitrogen and oxygen atoms in total. The number of carbonyl (C=O) groups is 1. The molecule has 2 fully saturated rings. The van der Waals surface area contributed by atoms with Crippen molar-refractivity contribution < 1.29 is 13.6 Å². The van der Waals surface area contributed by atoms with Crippen molar-refractivity contribution in [2.75, 3.05) is 6.54 Å². The lowest BCUT2D eigenvalue weighted by molar-refractivity contribution is -0.137. The van der Waals surface area contributed by atoms with E-state index in [-0.39, 0.29) is 28.5 Å². The van der Waals surface area contributed by atoms with Crippen molar-refractivity contribution in [1.29, 1.82) is 0 Å². The number of amides is 1. The summed E-state index contributed by atoms with van der Waals surface area (Å²) in [5.74, 6) is -0.917. The van der Waals surface area contributed by atoms with Gasteiger partial charge in [-0.3, -0.25) is 4.79 Å². The van der Waals surface area contributed by atoms with Gasteiger partial charge in [0, 0.05) is 18.4 Å². The molecule has 3 aliphatic rings. The zero-order chi connectivity index (χ0) is 19.0. The molecule has 27 heavy (non-hydrogen) atoms. The second-order valence-electron chi connectivity index (χ2n) is 8.45. The Morgan fingerprint density at radius 2 is 1.93 bits per heavy atom. The van der Waals surface area contributed by atoms with Gasteiger partial charge in [0.25, 0.3) is 0 Å². The number of carbonyl (C=O) groups excluding carboxylic acids is 1. The molecule has 0 N–H and O–H groups in total. The van der Waals surface area contributed by atoms with Gasteiger partial charge in [-0.15, -0.1) is 5.10 Å². The molecule has 0 unspecified atom stereocenters. The molecular weight excluding hydrogens is 348 g/mol. The zero-order valence-corrected chi connectivity index (χ0v) is 15.4. The van der Waals surface area contributed by atoms with E-state index >= 15 is 0 Å². The van der Waals surface area contributed by atoms with Gasteiger partial charge >= 0.3 is 0 Å². The standard InChI is InChI=1S/C21H21F2N3O/c1-20(2)13-8-9-21(20,26-10-4-7-17(26)27)19-12(13)11-16(24-25-19)18-14(22)5-3-6-15(18)23/h3,5-6,11,13H,4,7-10H2,1-2H3/t13-,21-/m0/s1. The third kappa shape index (κ3) is 1.93. The van der Waals surface area contributed by atoms with Crippen LogP contribution in [0.25, 0.3) is 11.3 Å². The zero-order valence-electron chi connectivity index (χ0n) is 15.4. The number of hydrogen-bond acceptors (Lipinski definition) is 3. The third-order valence-corrected chi connectivity index (χ3v) is 7.08. The molecule has 2 aliphatic carbocycles. The largest absolute Gasteiger partial charge is 0.331 e. The second-order valence-corrected chi connectivity index (χ2v) is 8.45. The van der Waals surface area contributed by atoms with Crippen LogP contribution in [0.4, 0.5) is 8.78 Å². The van der Waals surface area contributed by atoms with Crippen molar-refractivity contribution in [2.24, 2.45) is 5.41 Å². The molecule has 140 valence electrons. The Labute approximate surface area is 156 Å². The first-order valence-electron chi connectivity index (χ1n) is 9.51. The van der Waals surface area contributed by atoms with E-state index in [2.05, 4.69) is 24.0 Å². The molecule has 1 aliphatic heterocycles. The van der Waals surface area contributed by atoms with E-state index in [0.29, 0.717) is 6.42 Å². The number of rotatable bonds is 2. The number of nitrogens with zero attached hydrogens (tertiary/aromatic N) is 3. The van der Waals surface area contributed by atoms with Gasteiger partial charge in [0.05, 0.1) is 22.5 Å². The van der Waals surface area contributed by atoms with Crippen LogP contribution in [0.15, 0.2) is 24.3 Å². The van der Waals surface area contributed by atoms with Gasteiger partial charge in [0.2, 0.25) is 5.91 Å². The Kier molecular flexibility index (Phi) is 3.31. The Morgan fingerprint density at radius 3 is 2.59 bits per heavy atom. The van der Waals surface area contributed by atoms with E-state index in [0.717, 1.165) is 37.1 Å². The number of hydrogen-bond donors (Lipinski definition) is 0. The van der Waals surface area contributed by atoms with Crippen LogP contribution in [0.2, 0.25) is 0 Å². The molecule has 0 radical (unpaired) electrons. The maximum Gasteiger partial charge on any atom is 0.223 e. The highest BCUT2D eigenvalue weighted by Gasteiger charge is 2.67. The quantitative estimate of drug-likeness (QED) is 0.799. The van der Waals surface area contributed by atoms with Crippen LogP contribution in [-0.4, -0.2) is 27.5 Å². The van der Waals surface area contributed by atoms with Crippen LogP contribution >= 0.6 is 0 Å². The van der Waals surface area contributed by atoms with Gasteiger partial charge in [-0.2, -0.15) is 5.10 Å². The lowest BCUT2D eigenvalue weighted by Crippen LogP contribution is -2.52. The highest BCUT2D eigenvalue weighted by Crippen LogP contribution is 2.69. The summed E-state index contributed by atoms with van der Waals surface area (Å²) in [6.07, 6.45) is 3.24. The lowest BCUT2D eigenvalue weighted by atomic mass is 9.74. The van der Waals surface area contributed by atoms with Gasteiger partial charge in [0.15, 0.2) is 0 Å². The predicted octanol–water partition coefficient (Wildman–Crippen LogP) is 4.16. The fourth-order valence-corrected chi connectivity index (χ4v) is 5.81. The van der Waals surface area contributed by atoms with Gasteiger partial charge in [-0.1, -0.05) is 19.9 Å². The topological polar surface area (TPSA) is 46.1 Å². The predicted molar refractivity (Wildman–Crippen MR) is 95.8 cm³/mol. The minimum absolute atomic E-state index is 0.139. The summed E-state index contributed by atoms with van der Waals surface area (Å²) in [4.78, 5) is 14.6. The van der Waals surface area contributed by atoms with Crippen molar-refractivity contribution >= 4 is 5.91 Å². The van der Waals surface area contributed by atoms with Gasteiger partial charge < -0.3 is 4.90 Å². The number of fused-ring (bicyclic) bond motifs is 5. The average Bonchev–Trinajstić information content (AvgIpc) is 3.22. The van der Waals surface area contributed by atoms with Crippen molar-refractivity contribution in [2.45, 2.75) is 51.0 Å². The SMILES string of the molecule is CC1(C)[C@H]2CC[C@]1(N1CCCC1=O)c1nnc(-c3c(F)cccc3F)cc12. The molecule has 6 heteroatoms. The Bertz CT molecular complexity index is 954. The van der Waals surface area contributed by atoms with Gasteiger partial charge in [-0.25, -0.2) is 8.78 Å². The maximum atomic E-state index is 14.2. The number of aromatic nitrogens is 2. The summed E-state index contributed by atoms with van der Waals surface area (Å²) in [5, 5.41) is 8.67. The molecule has 0 spiro atoms. The molecule has 1 saturated carbocycles. The minimum Gasteiger partial charge on any atom is -0.331 e. The highest BCUT2D eigenvalue weighted by atomic mass is 19.1. The van der Waals surface area contributed by atoms with Crippen LogP contribution in [-0.2, 0) is 10.3 Å². The number of likely N-dealkylation sites (tertiary alicyclic amines) is 1. The minimum atomic E-state index is -0.642. The molecule has 1 amide bonds. The average molecular weight is 369 g/mol. The van der Waals surface area contributed by atoms with Crippen molar-refractivity contribution in [3.05, 3.63) is 47.2 Å². The van der Waals surface area contributed by atoms with Crippen molar-refractivity contribution in [1.82, 2.24) is 15.1 Å². The van der Waals surface area contributed by atoms with E-state index < -0.39 is 17.2 Å². The Balaban J connectivity index is 1.70. The first-order chi connectivity index (χ1) is 12.9. The van der Waals surface area contributed by atoms with Crippen LogP contribution in [0.5, 0.6) is 0 Å². The smallest absolute Gasteiger partial charge is 0.223 e. The molecule has 2 atom stereocenters. The van der Waals surface area contributed by atoms with E-state index in [4.69, 9.17) is 0 Å². The first-order valence-corrected chi connectivity index (χ1v) is 9.51. The molecule has 2 heterocycles. The molecule has 2 aromatic rings. The Morgan fingerprint density at radius 1 is 1.19 bits per heavy atom. The van der Waals surface area contributed by atoms with Crippen LogP contribution in [0, 0.1) is 17.0 Å². The van der Waals surface area contributed by atoms with Crippen LogP contribution in [0.1, 0.15) is 56.7 Å². The van der Waals surface area contributed by atoms with Crippen molar-refractivity contribution in [3.63, 3.8) is 0 Å². The van der Waals surface area contributed by atoms with Gasteiger partial charge in [0.1, 0.15) is 11.6 Å². The van der Waals surface area contributed by atoms with E-state index in [1.54, 1.807) is 6.07 Å². The van der Waals surface area contributed by atoms with Gasteiger partial charge in [-0.05, 0) is 48.9 Å². The monoisotopic (exact) mass is 369 g/mol. The molecular formula is C21H21F2N3O. The Hall–Kier alpha value is -2.37. The first kappa shape index (κ1) is 16.8.